The van der Waals surface area contributed by atoms with Gasteiger partial charge in [-0.1, -0.05) is 17.3 Å². The van der Waals surface area contributed by atoms with Crippen molar-refractivity contribution in [3.8, 4) is 0 Å². The maximum absolute atomic E-state index is 12.9. The second-order valence-corrected chi connectivity index (χ2v) is 5.16. The van der Waals surface area contributed by atoms with E-state index in [4.69, 9.17) is 4.52 Å². The first kappa shape index (κ1) is 15.2. The maximum Gasteiger partial charge on any atom is 0.226 e. The SMILES string of the molecule is Cc1cc(CC(=O)NCC(C)(O)c2ccc(F)cc2)no1. The Balaban J connectivity index is 1.91. The van der Waals surface area contributed by atoms with Crippen LogP contribution >= 0.6 is 0 Å². The number of carbonyl (C=O) groups is 1. The molecule has 0 spiro atoms. The Bertz CT molecular complexity index is 620. The summed E-state index contributed by atoms with van der Waals surface area (Å²) < 4.78 is 17.7. The van der Waals surface area contributed by atoms with Gasteiger partial charge in [-0.05, 0) is 31.5 Å². The van der Waals surface area contributed by atoms with Gasteiger partial charge in [0, 0.05) is 6.07 Å². The zero-order valence-corrected chi connectivity index (χ0v) is 11.9. The molecule has 1 aromatic carbocycles. The fourth-order valence-corrected chi connectivity index (χ4v) is 1.91. The molecule has 6 heteroatoms. The molecule has 1 atom stereocenters. The van der Waals surface area contributed by atoms with E-state index < -0.39 is 5.60 Å². The molecule has 0 bridgehead atoms. The summed E-state index contributed by atoms with van der Waals surface area (Å²) in [6, 6.07) is 7.19. The van der Waals surface area contributed by atoms with Crippen molar-refractivity contribution in [2.75, 3.05) is 6.54 Å². The van der Waals surface area contributed by atoms with Crippen molar-refractivity contribution in [3.05, 3.63) is 53.2 Å². The second-order valence-electron chi connectivity index (χ2n) is 5.16. The van der Waals surface area contributed by atoms with Gasteiger partial charge in [0.1, 0.15) is 17.2 Å². The summed E-state index contributed by atoms with van der Waals surface area (Å²) in [6.45, 7) is 3.32. The van der Waals surface area contributed by atoms with Gasteiger partial charge in [0.15, 0.2) is 0 Å². The Hall–Kier alpha value is -2.21. The van der Waals surface area contributed by atoms with Gasteiger partial charge in [-0.2, -0.15) is 0 Å². The third-order valence-corrected chi connectivity index (χ3v) is 3.11. The number of aliphatic hydroxyl groups is 1. The van der Waals surface area contributed by atoms with Crippen LogP contribution in [0.5, 0.6) is 0 Å². The molecule has 0 aliphatic heterocycles. The van der Waals surface area contributed by atoms with Crippen LogP contribution in [0.2, 0.25) is 0 Å². The molecule has 0 radical (unpaired) electrons. The molecule has 21 heavy (non-hydrogen) atoms. The molecule has 112 valence electrons. The molecule has 2 rings (SSSR count). The van der Waals surface area contributed by atoms with Crippen LogP contribution in [-0.2, 0) is 16.8 Å². The molecule has 1 aromatic heterocycles. The summed E-state index contributed by atoms with van der Waals surface area (Å²) in [7, 11) is 0. The van der Waals surface area contributed by atoms with E-state index in [2.05, 4.69) is 10.5 Å². The molecule has 0 aliphatic carbocycles. The minimum absolute atomic E-state index is 0.0221. The van der Waals surface area contributed by atoms with Crippen LogP contribution in [0.1, 0.15) is 23.9 Å². The Morgan fingerprint density at radius 2 is 2.10 bits per heavy atom. The van der Waals surface area contributed by atoms with Crippen molar-refractivity contribution < 1.29 is 18.8 Å². The van der Waals surface area contributed by atoms with Gasteiger partial charge in [0.25, 0.3) is 0 Å². The lowest BCUT2D eigenvalue weighted by Gasteiger charge is -2.24. The molecule has 0 fully saturated rings. The van der Waals surface area contributed by atoms with Gasteiger partial charge in [-0.25, -0.2) is 4.39 Å². The van der Waals surface area contributed by atoms with E-state index in [-0.39, 0.29) is 24.7 Å². The number of amides is 1. The summed E-state index contributed by atoms with van der Waals surface area (Å²) in [6.07, 6.45) is 0.0802. The first-order valence-corrected chi connectivity index (χ1v) is 6.54. The van der Waals surface area contributed by atoms with Crippen molar-refractivity contribution in [2.24, 2.45) is 0 Å². The lowest BCUT2D eigenvalue weighted by Crippen LogP contribution is -2.39. The van der Waals surface area contributed by atoms with Crippen LogP contribution in [0.25, 0.3) is 0 Å². The summed E-state index contributed by atoms with van der Waals surface area (Å²) in [5.74, 6) is -0.0122. The van der Waals surface area contributed by atoms with Crippen LogP contribution < -0.4 is 5.32 Å². The Morgan fingerprint density at radius 3 is 2.67 bits per heavy atom. The lowest BCUT2D eigenvalue weighted by atomic mass is 9.96. The van der Waals surface area contributed by atoms with Crippen molar-refractivity contribution in [2.45, 2.75) is 25.9 Å². The minimum Gasteiger partial charge on any atom is -0.384 e. The van der Waals surface area contributed by atoms with Gasteiger partial charge >= 0.3 is 0 Å². The first-order valence-electron chi connectivity index (χ1n) is 6.54. The van der Waals surface area contributed by atoms with Crippen molar-refractivity contribution in [1.29, 1.82) is 0 Å². The van der Waals surface area contributed by atoms with Crippen LogP contribution in [-0.4, -0.2) is 22.7 Å². The van der Waals surface area contributed by atoms with E-state index >= 15 is 0 Å². The molecule has 0 saturated carbocycles. The third-order valence-electron chi connectivity index (χ3n) is 3.11. The predicted molar refractivity (Wildman–Crippen MR) is 73.9 cm³/mol. The van der Waals surface area contributed by atoms with E-state index in [1.54, 1.807) is 19.9 Å². The smallest absolute Gasteiger partial charge is 0.226 e. The van der Waals surface area contributed by atoms with Crippen LogP contribution in [0.3, 0.4) is 0 Å². The standard InChI is InChI=1S/C15H17FN2O3/c1-10-7-13(18-21-10)8-14(19)17-9-15(2,20)11-3-5-12(16)6-4-11/h3-7,20H,8-9H2,1-2H3,(H,17,19). The number of carbonyl (C=O) groups excluding carboxylic acids is 1. The number of benzene rings is 1. The highest BCUT2D eigenvalue weighted by atomic mass is 19.1. The Labute approximate surface area is 121 Å². The normalized spacial score (nSPS) is 13.7. The second kappa shape index (κ2) is 6.05. The van der Waals surface area contributed by atoms with Crippen molar-refractivity contribution >= 4 is 5.91 Å². The molecule has 1 heterocycles. The molecule has 0 aliphatic rings. The monoisotopic (exact) mass is 292 g/mol. The molecule has 1 unspecified atom stereocenters. The third kappa shape index (κ3) is 4.13. The van der Waals surface area contributed by atoms with Gasteiger partial charge < -0.3 is 14.9 Å². The summed E-state index contributed by atoms with van der Waals surface area (Å²) in [5.41, 5.74) is -0.212. The maximum atomic E-state index is 12.9. The highest BCUT2D eigenvalue weighted by Crippen LogP contribution is 2.19. The number of nitrogens with one attached hydrogen (secondary N) is 1. The Kier molecular flexibility index (Phi) is 4.37. The fourth-order valence-electron chi connectivity index (χ4n) is 1.91. The summed E-state index contributed by atoms with van der Waals surface area (Å²) in [5, 5.41) is 16.7. The van der Waals surface area contributed by atoms with Gasteiger partial charge in [-0.15, -0.1) is 0 Å². The minimum atomic E-state index is -1.27. The van der Waals surface area contributed by atoms with Crippen LogP contribution in [0, 0.1) is 12.7 Å². The molecule has 2 N–H and O–H groups in total. The first-order chi connectivity index (χ1) is 9.87. The highest BCUT2D eigenvalue weighted by molar-refractivity contribution is 5.78. The number of aryl methyl sites for hydroxylation is 1. The number of hydrogen-bond donors (Lipinski definition) is 2. The molecule has 5 nitrogen and oxygen atoms in total. The topological polar surface area (TPSA) is 75.4 Å². The van der Waals surface area contributed by atoms with Gasteiger partial charge in [0.05, 0.1) is 18.7 Å². The summed E-state index contributed by atoms with van der Waals surface area (Å²) >= 11 is 0. The van der Waals surface area contributed by atoms with E-state index in [0.717, 1.165) is 0 Å². The van der Waals surface area contributed by atoms with Gasteiger partial charge in [-0.3, -0.25) is 4.79 Å². The average molecular weight is 292 g/mol. The average Bonchev–Trinajstić information content (AvgIpc) is 2.82. The van der Waals surface area contributed by atoms with Crippen molar-refractivity contribution in [1.82, 2.24) is 10.5 Å². The van der Waals surface area contributed by atoms with E-state index in [1.165, 1.54) is 24.3 Å². The molecule has 2 aromatic rings. The number of aromatic nitrogens is 1. The number of rotatable bonds is 5. The summed E-state index contributed by atoms with van der Waals surface area (Å²) in [4.78, 5) is 11.8. The number of hydrogen-bond acceptors (Lipinski definition) is 4. The number of halogens is 1. The quantitative estimate of drug-likeness (QED) is 0.879. The largest absolute Gasteiger partial charge is 0.384 e. The van der Waals surface area contributed by atoms with Crippen LogP contribution in [0.4, 0.5) is 4.39 Å². The number of nitrogens with zero attached hydrogens (tertiary/aromatic N) is 1. The van der Waals surface area contributed by atoms with Crippen molar-refractivity contribution in [3.63, 3.8) is 0 Å². The fraction of sp³-hybridized carbons (Fsp3) is 0.333. The molecular weight excluding hydrogens is 275 g/mol. The van der Waals surface area contributed by atoms with E-state index in [9.17, 15) is 14.3 Å². The van der Waals surface area contributed by atoms with E-state index in [0.29, 0.717) is 17.0 Å². The van der Waals surface area contributed by atoms with E-state index in [1.807, 2.05) is 0 Å². The molecule has 0 saturated heterocycles. The Morgan fingerprint density at radius 1 is 1.43 bits per heavy atom. The molecular formula is C15H17FN2O3. The zero-order valence-electron chi connectivity index (χ0n) is 11.9. The van der Waals surface area contributed by atoms with Crippen LogP contribution in [0.15, 0.2) is 34.9 Å². The predicted octanol–water partition coefficient (Wildman–Crippen LogP) is 1.69. The highest BCUT2D eigenvalue weighted by Gasteiger charge is 2.24. The van der Waals surface area contributed by atoms with Gasteiger partial charge in [0.2, 0.25) is 5.91 Å². The lowest BCUT2D eigenvalue weighted by molar-refractivity contribution is -0.121. The molecule has 1 amide bonds. The zero-order chi connectivity index (χ0) is 15.5.